The summed E-state index contributed by atoms with van der Waals surface area (Å²) in [4.78, 5) is 26.5. The summed E-state index contributed by atoms with van der Waals surface area (Å²) in [5, 5.41) is 57.0. The minimum absolute atomic E-state index is 0.106. The average molecular weight is 1090 g/mol. The maximum Gasteiger partial charge on any atom is 0.306 e. The maximum atomic E-state index is 13.4. The predicted octanol–water partition coefficient (Wildman–Crippen LogP) is 14.9. The van der Waals surface area contributed by atoms with Gasteiger partial charge in [0.25, 0.3) is 0 Å². The fourth-order valence-corrected chi connectivity index (χ4v) is 9.04. The number of esters is 1. The van der Waals surface area contributed by atoms with E-state index in [0.29, 0.717) is 12.8 Å². The van der Waals surface area contributed by atoms with Gasteiger partial charge in [-0.15, -0.1) is 0 Å². The second-order valence-electron chi connectivity index (χ2n) is 21.0. The van der Waals surface area contributed by atoms with Crippen molar-refractivity contribution in [2.75, 3.05) is 13.2 Å². The van der Waals surface area contributed by atoms with E-state index in [2.05, 4.69) is 123 Å². The number of carbonyl (C=O) groups is 2. The van der Waals surface area contributed by atoms with Gasteiger partial charge in [0.05, 0.1) is 25.4 Å². The van der Waals surface area contributed by atoms with Crippen LogP contribution in [-0.4, -0.2) is 99.6 Å². The molecule has 1 heterocycles. The lowest BCUT2D eigenvalue weighted by atomic mass is 9.99. The normalized spacial score (nSPS) is 19.7. The number of amides is 1. The largest absolute Gasteiger partial charge is 0.454 e. The van der Waals surface area contributed by atoms with Gasteiger partial charge in [-0.05, 0) is 103 Å². The van der Waals surface area contributed by atoms with Crippen molar-refractivity contribution in [3.63, 3.8) is 0 Å². The lowest BCUT2D eigenvalue weighted by Gasteiger charge is -2.41. The molecule has 11 heteroatoms. The zero-order valence-electron chi connectivity index (χ0n) is 49.2. The second kappa shape index (κ2) is 53.9. The molecule has 1 aliphatic rings. The molecule has 0 aromatic rings. The van der Waals surface area contributed by atoms with E-state index in [1.165, 1.54) is 57.8 Å². The lowest BCUT2D eigenvalue weighted by Crippen LogP contribution is -2.61. The maximum absolute atomic E-state index is 13.4. The van der Waals surface area contributed by atoms with Crippen molar-refractivity contribution in [2.24, 2.45) is 0 Å². The molecule has 0 aliphatic carbocycles. The van der Waals surface area contributed by atoms with Gasteiger partial charge in [-0.3, -0.25) is 9.59 Å². The number of hydrogen-bond donors (Lipinski definition) is 6. The van der Waals surface area contributed by atoms with Crippen LogP contribution in [0.15, 0.2) is 109 Å². The summed E-state index contributed by atoms with van der Waals surface area (Å²) in [6, 6.07) is -1.05. The van der Waals surface area contributed by atoms with E-state index in [4.69, 9.17) is 14.2 Å². The van der Waals surface area contributed by atoms with Crippen molar-refractivity contribution in [2.45, 2.75) is 288 Å². The highest BCUT2D eigenvalue weighted by molar-refractivity contribution is 5.80. The van der Waals surface area contributed by atoms with E-state index in [0.717, 1.165) is 135 Å². The molecule has 0 saturated carbocycles. The number of rotatable bonds is 51. The fourth-order valence-electron chi connectivity index (χ4n) is 9.04. The molecule has 78 heavy (non-hydrogen) atoms. The van der Waals surface area contributed by atoms with Gasteiger partial charge in [0.15, 0.2) is 12.4 Å². The summed E-state index contributed by atoms with van der Waals surface area (Å²) in [6.45, 7) is 5.54. The van der Waals surface area contributed by atoms with Crippen LogP contribution >= 0.6 is 0 Å². The van der Waals surface area contributed by atoms with Crippen molar-refractivity contribution in [1.29, 1.82) is 0 Å². The zero-order valence-corrected chi connectivity index (χ0v) is 49.2. The van der Waals surface area contributed by atoms with Crippen LogP contribution in [0.2, 0.25) is 0 Å². The minimum atomic E-state index is -1.63. The molecular weight excluding hydrogens is 979 g/mol. The molecule has 446 valence electrons. The molecule has 0 aromatic heterocycles. The van der Waals surface area contributed by atoms with E-state index in [-0.39, 0.29) is 19.4 Å². The zero-order chi connectivity index (χ0) is 56.8. The first kappa shape index (κ1) is 72.3. The van der Waals surface area contributed by atoms with Crippen molar-refractivity contribution in [3.05, 3.63) is 109 Å². The van der Waals surface area contributed by atoms with Gasteiger partial charge in [0, 0.05) is 6.42 Å². The third-order valence-corrected chi connectivity index (χ3v) is 13.9. The van der Waals surface area contributed by atoms with Crippen LogP contribution in [0.4, 0.5) is 0 Å². The summed E-state index contributed by atoms with van der Waals surface area (Å²) < 4.78 is 17.6. The number of allylic oxidation sites excluding steroid dienone is 17. The van der Waals surface area contributed by atoms with Crippen molar-refractivity contribution < 1.29 is 49.3 Å². The average Bonchev–Trinajstić information content (AvgIpc) is 3.45. The summed E-state index contributed by atoms with van der Waals surface area (Å²) >= 11 is 0. The van der Waals surface area contributed by atoms with Crippen molar-refractivity contribution >= 4 is 11.9 Å². The van der Waals surface area contributed by atoms with E-state index >= 15 is 0 Å². The highest BCUT2D eigenvalue weighted by atomic mass is 16.7. The van der Waals surface area contributed by atoms with Gasteiger partial charge < -0.3 is 45.1 Å². The van der Waals surface area contributed by atoms with Crippen molar-refractivity contribution in [1.82, 2.24) is 5.32 Å². The summed E-state index contributed by atoms with van der Waals surface area (Å²) in [5.74, 6) is -1.24. The fraction of sp³-hybridized carbons (Fsp3) is 0.701. The van der Waals surface area contributed by atoms with Crippen LogP contribution in [0.3, 0.4) is 0 Å². The van der Waals surface area contributed by atoms with Crippen LogP contribution in [0.25, 0.3) is 0 Å². The van der Waals surface area contributed by atoms with Crippen LogP contribution in [0.5, 0.6) is 0 Å². The number of hydrogen-bond acceptors (Lipinski definition) is 10. The molecule has 0 aromatic carbocycles. The molecule has 6 N–H and O–H groups in total. The Labute approximate surface area is 475 Å². The number of unbranched alkanes of at least 4 members (excludes halogenated alkanes) is 21. The summed E-state index contributed by atoms with van der Waals surface area (Å²) in [7, 11) is 0. The van der Waals surface area contributed by atoms with Gasteiger partial charge in [0.1, 0.15) is 24.4 Å². The smallest absolute Gasteiger partial charge is 0.306 e. The van der Waals surface area contributed by atoms with E-state index in [1.807, 2.05) is 6.08 Å². The lowest BCUT2D eigenvalue weighted by molar-refractivity contribution is -0.305. The monoisotopic (exact) mass is 1090 g/mol. The second-order valence-corrected chi connectivity index (χ2v) is 21.0. The molecule has 1 amide bonds. The molecule has 1 saturated heterocycles. The standard InChI is InChI=1S/C67H113NO10/c1-4-7-10-13-16-19-22-25-27-28-29-30-31-32-33-34-36-39-42-45-48-51-54-60(71)66(75)68-58(59(70)53-50-47-44-41-38-35-24-21-18-15-12-9-6-3)57-76-67-65(64(74)63(73)61(56-69)77-67)78-62(72)55-52-49-46-43-40-37-26-23-20-17-14-11-8-5-2/h7-8,10-11,16-17,19-20,25,27,29-30,32-33,36,39,50,53,58-61,63-65,67,69-71,73-74H,4-6,9,12-15,18,21-24,26,28,31,34-35,37-38,40-49,51-52,54-57H2,1-3H3,(H,68,75)/b10-7-,11-8+,19-16-,20-17+,27-25-,30-29-,33-32-,39-36-,53-50+. The highest BCUT2D eigenvalue weighted by Crippen LogP contribution is 2.26. The number of aliphatic hydroxyl groups excluding tert-OH is 5. The SMILES string of the molecule is CC/C=C\C/C=C\C/C=C\C/C=C\C/C=C\C/C=C\CCCCCC(O)C(=O)NC(COC1OC(CO)C(O)C(O)C1OC(=O)CCCCCCCCC/C=C/C/C=C/CC)C(O)/C=C/CCCCCCCCCCCCC. The molecule has 1 rings (SSSR count). The van der Waals surface area contributed by atoms with Gasteiger partial charge >= 0.3 is 5.97 Å². The highest BCUT2D eigenvalue weighted by Gasteiger charge is 2.47. The minimum Gasteiger partial charge on any atom is -0.454 e. The van der Waals surface area contributed by atoms with Gasteiger partial charge in [-0.1, -0.05) is 239 Å². The van der Waals surface area contributed by atoms with Crippen LogP contribution in [-0.2, 0) is 23.8 Å². The van der Waals surface area contributed by atoms with Gasteiger partial charge in [0.2, 0.25) is 5.91 Å². The third kappa shape index (κ3) is 41.3. The number of ether oxygens (including phenoxy) is 3. The quantitative estimate of drug-likeness (QED) is 0.0195. The molecule has 0 radical (unpaired) electrons. The first-order valence-electron chi connectivity index (χ1n) is 31.2. The van der Waals surface area contributed by atoms with E-state index in [9.17, 15) is 35.1 Å². The van der Waals surface area contributed by atoms with Gasteiger partial charge in [-0.25, -0.2) is 0 Å². The Balaban J connectivity index is 2.72. The Morgan fingerprint density at radius 3 is 1.38 bits per heavy atom. The Morgan fingerprint density at radius 2 is 0.923 bits per heavy atom. The summed E-state index contributed by atoms with van der Waals surface area (Å²) in [6.07, 6.45) is 62.6. The number of nitrogens with one attached hydrogen (secondary N) is 1. The molecule has 11 nitrogen and oxygen atoms in total. The first-order chi connectivity index (χ1) is 38.2. The van der Waals surface area contributed by atoms with Crippen LogP contribution in [0.1, 0.15) is 239 Å². The van der Waals surface area contributed by atoms with Crippen LogP contribution < -0.4 is 5.32 Å². The molecule has 8 atom stereocenters. The third-order valence-electron chi connectivity index (χ3n) is 13.9. The first-order valence-corrected chi connectivity index (χ1v) is 31.2. The Bertz CT molecular complexity index is 1680. The molecule has 0 spiro atoms. The molecule has 0 bridgehead atoms. The van der Waals surface area contributed by atoms with E-state index < -0.39 is 67.4 Å². The summed E-state index contributed by atoms with van der Waals surface area (Å²) in [5.41, 5.74) is 0. The molecule has 1 fully saturated rings. The number of aliphatic hydroxyl groups is 5. The van der Waals surface area contributed by atoms with Gasteiger partial charge in [-0.2, -0.15) is 0 Å². The molecular formula is C67H113NO10. The topological polar surface area (TPSA) is 175 Å². The van der Waals surface area contributed by atoms with E-state index in [1.54, 1.807) is 6.08 Å². The van der Waals surface area contributed by atoms with Crippen LogP contribution in [0, 0.1) is 0 Å². The molecule has 8 unspecified atom stereocenters. The number of carbonyl (C=O) groups excluding carboxylic acids is 2. The Kier molecular flexibility index (Phi) is 50.0. The predicted molar refractivity (Wildman–Crippen MR) is 324 cm³/mol. The van der Waals surface area contributed by atoms with Crippen molar-refractivity contribution in [3.8, 4) is 0 Å². The Morgan fingerprint density at radius 1 is 0.513 bits per heavy atom. The molecule has 1 aliphatic heterocycles. The Hall–Kier alpha value is -3.68.